The summed E-state index contributed by atoms with van der Waals surface area (Å²) in [5.41, 5.74) is 2.92. The van der Waals surface area contributed by atoms with Gasteiger partial charge in [-0.05, 0) is 41.7 Å². The lowest BCUT2D eigenvalue weighted by Crippen LogP contribution is -2.43. The fourth-order valence-electron chi connectivity index (χ4n) is 3.16. The molecular weight excluding hydrogens is 279 g/mol. The van der Waals surface area contributed by atoms with E-state index in [0.29, 0.717) is 12.1 Å². The summed E-state index contributed by atoms with van der Waals surface area (Å²) < 4.78 is 13.2. The Kier molecular flexibility index (Phi) is 3.93. The number of rotatable bonds is 4. The van der Waals surface area contributed by atoms with Crippen molar-refractivity contribution >= 4 is 0 Å². The van der Waals surface area contributed by atoms with Crippen LogP contribution in [0.25, 0.3) is 0 Å². The van der Waals surface area contributed by atoms with Gasteiger partial charge in [0.1, 0.15) is 5.82 Å². The van der Waals surface area contributed by atoms with Crippen LogP contribution in [0.5, 0.6) is 0 Å². The minimum atomic E-state index is -0.488. The van der Waals surface area contributed by atoms with Gasteiger partial charge >= 0.3 is 0 Å². The summed E-state index contributed by atoms with van der Waals surface area (Å²) in [6.45, 7) is 0.408. The summed E-state index contributed by atoms with van der Waals surface area (Å²) in [5, 5.41) is 22.4. The Labute approximate surface area is 129 Å². The molecule has 3 nitrogen and oxygen atoms in total. The van der Waals surface area contributed by atoms with E-state index < -0.39 is 11.4 Å². The number of hydrogen-bond acceptors (Lipinski definition) is 3. The van der Waals surface area contributed by atoms with Crippen LogP contribution in [0.15, 0.2) is 42.5 Å². The molecule has 0 heterocycles. The van der Waals surface area contributed by atoms with Gasteiger partial charge in [-0.2, -0.15) is 5.26 Å². The number of fused-ring (bicyclic) bond motifs is 1. The zero-order chi connectivity index (χ0) is 15.6. The van der Waals surface area contributed by atoms with Crippen LogP contribution >= 0.6 is 0 Å². The van der Waals surface area contributed by atoms with E-state index in [1.807, 2.05) is 24.3 Å². The molecule has 0 aliphatic heterocycles. The predicted molar refractivity (Wildman–Crippen MR) is 81.5 cm³/mol. The van der Waals surface area contributed by atoms with Crippen molar-refractivity contribution < 1.29 is 9.50 Å². The van der Waals surface area contributed by atoms with Crippen molar-refractivity contribution in [2.45, 2.75) is 24.9 Å². The Morgan fingerprint density at radius 1 is 1.27 bits per heavy atom. The van der Waals surface area contributed by atoms with Crippen molar-refractivity contribution in [2.75, 3.05) is 6.61 Å². The molecule has 2 aromatic rings. The second kappa shape index (κ2) is 5.88. The minimum Gasteiger partial charge on any atom is -0.394 e. The van der Waals surface area contributed by atoms with E-state index in [-0.39, 0.29) is 6.61 Å². The lowest BCUT2D eigenvalue weighted by atomic mass is 9.92. The summed E-state index contributed by atoms with van der Waals surface area (Å²) in [4.78, 5) is 0. The maximum atomic E-state index is 13.2. The maximum Gasteiger partial charge on any atom is 0.124 e. The van der Waals surface area contributed by atoms with E-state index in [4.69, 9.17) is 5.26 Å². The van der Waals surface area contributed by atoms with Gasteiger partial charge in [0.2, 0.25) is 0 Å². The van der Waals surface area contributed by atoms with Gasteiger partial charge in [-0.25, -0.2) is 4.39 Å². The summed E-state index contributed by atoms with van der Waals surface area (Å²) in [7, 11) is 0. The Morgan fingerprint density at radius 2 is 2.09 bits per heavy atom. The molecule has 0 aromatic heterocycles. The third-order valence-electron chi connectivity index (χ3n) is 4.43. The van der Waals surface area contributed by atoms with Crippen molar-refractivity contribution in [1.29, 1.82) is 5.26 Å². The second-order valence-electron chi connectivity index (χ2n) is 5.66. The first kappa shape index (κ1) is 14.7. The molecule has 0 radical (unpaired) electrons. The van der Waals surface area contributed by atoms with Crippen LogP contribution < -0.4 is 5.32 Å². The molecule has 2 N–H and O–H groups in total. The smallest absolute Gasteiger partial charge is 0.124 e. The minimum absolute atomic E-state index is 0.00685. The van der Waals surface area contributed by atoms with Gasteiger partial charge in [-0.1, -0.05) is 30.3 Å². The van der Waals surface area contributed by atoms with Crippen molar-refractivity contribution in [3.63, 3.8) is 0 Å². The summed E-state index contributed by atoms with van der Waals surface area (Å²) >= 11 is 0. The molecule has 0 spiro atoms. The van der Waals surface area contributed by atoms with E-state index in [9.17, 15) is 9.50 Å². The third kappa shape index (κ3) is 2.50. The van der Waals surface area contributed by atoms with Gasteiger partial charge in [0, 0.05) is 6.54 Å². The molecule has 1 atom stereocenters. The molecule has 0 amide bonds. The molecule has 0 saturated carbocycles. The fraction of sp³-hybridized carbons (Fsp3) is 0.278. The number of hydrogen-bond donors (Lipinski definition) is 2. The molecule has 1 aliphatic rings. The summed E-state index contributed by atoms with van der Waals surface area (Å²) in [5.74, 6) is -0.414. The highest BCUT2D eigenvalue weighted by Crippen LogP contribution is 2.36. The summed E-state index contributed by atoms with van der Waals surface area (Å²) in [6, 6.07) is 14.3. The van der Waals surface area contributed by atoms with E-state index >= 15 is 0 Å². The Bertz CT molecular complexity index is 738. The van der Waals surface area contributed by atoms with Crippen LogP contribution in [0.4, 0.5) is 4.39 Å². The molecule has 0 fully saturated rings. The number of nitriles is 1. The Hall–Kier alpha value is -2.22. The van der Waals surface area contributed by atoms with Crippen LogP contribution in [-0.4, -0.2) is 11.7 Å². The highest BCUT2D eigenvalue weighted by molar-refractivity contribution is 5.41. The van der Waals surface area contributed by atoms with Gasteiger partial charge in [-0.15, -0.1) is 0 Å². The first-order valence-electron chi connectivity index (χ1n) is 7.31. The van der Waals surface area contributed by atoms with Gasteiger partial charge in [0.25, 0.3) is 0 Å². The molecule has 3 rings (SSSR count). The third-order valence-corrected chi connectivity index (χ3v) is 4.43. The number of aliphatic hydroxyl groups excluding tert-OH is 1. The first-order valence-corrected chi connectivity index (χ1v) is 7.31. The number of halogens is 1. The number of aliphatic hydroxyl groups is 1. The number of nitrogens with zero attached hydrogens (tertiary/aromatic N) is 1. The van der Waals surface area contributed by atoms with Crippen LogP contribution in [0.2, 0.25) is 0 Å². The molecule has 2 aromatic carbocycles. The molecule has 0 saturated heterocycles. The van der Waals surface area contributed by atoms with Crippen molar-refractivity contribution in [1.82, 2.24) is 5.32 Å². The van der Waals surface area contributed by atoms with Crippen molar-refractivity contribution in [3.05, 3.63) is 70.5 Å². The highest BCUT2D eigenvalue weighted by Gasteiger charge is 2.37. The Balaban J connectivity index is 1.86. The van der Waals surface area contributed by atoms with Gasteiger partial charge in [-0.3, -0.25) is 0 Å². The van der Waals surface area contributed by atoms with E-state index in [0.717, 1.165) is 24.0 Å². The topological polar surface area (TPSA) is 56.0 Å². The predicted octanol–water partition coefficient (Wildman–Crippen LogP) is 2.62. The largest absolute Gasteiger partial charge is 0.394 e. The van der Waals surface area contributed by atoms with Crippen LogP contribution in [0, 0.1) is 17.1 Å². The average Bonchev–Trinajstić information content (AvgIpc) is 2.93. The quantitative estimate of drug-likeness (QED) is 0.912. The lowest BCUT2D eigenvalue weighted by Gasteiger charge is -2.30. The van der Waals surface area contributed by atoms with Gasteiger partial charge in [0.15, 0.2) is 0 Å². The van der Waals surface area contributed by atoms with E-state index in [2.05, 4.69) is 11.4 Å². The number of nitrogens with one attached hydrogen (secondary N) is 1. The molecule has 22 heavy (non-hydrogen) atoms. The van der Waals surface area contributed by atoms with Crippen LogP contribution in [-0.2, 0) is 18.5 Å². The normalized spacial score (nSPS) is 19.7. The van der Waals surface area contributed by atoms with Crippen molar-refractivity contribution in [2.24, 2.45) is 0 Å². The van der Waals surface area contributed by atoms with Gasteiger partial charge in [0.05, 0.1) is 23.8 Å². The molecule has 1 aliphatic carbocycles. The average molecular weight is 296 g/mol. The van der Waals surface area contributed by atoms with Crippen molar-refractivity contribution in [3.8, 4) is 6.07 Å². The molecule has 4 heteroatoms. The molecular formula is C18H17FN2O. The lowest BCUT2D eigenvalue weighted by molar-refractivity contribution is 0.159. The second-order valence-corrected chi connectivity index (χ2v) is 5.66. The molecule has 112 valence electrons. The van der Waals surface area contributed by atoms with E-state index in [1.165, 1.54) is 17.7 Å². The summed E-state index contributed by atoms with van der Waals surface area (Å²) in [6.07, 6.45) is 1.73. The zero-order valence-corrected chi connectivity index (χ0v) is 12.1. The standard InChI is InChI=1S/C18H17FN2O/c19-16-6-5-14(15(9-16)10-20)11-21-18(12-22)8-7-13-3-1-2-4-17(13)18/h1-6,9,21-22H,7-8,11-12H2. The Morgan fingerprint density at radius 3 is 2.86 bits per heavy atom. The fourth-order valence-corrected chi connectivity index (χ4v) is 3.16. The van der Waals surface area contributed by atoms with Crippen LogP contribution in [0.3, 0.4) is 0 Å². The zero-order valence-electron chi connectivity index (χ0n) is 12.1. The highest BCUT2D eigenvalue weighted by atomic mass is 19.1. The SMILES string of the molecule is N#Cc1cc(F)ccc1CNC1(CO)CCc2ccccc21. The van der Waals surface area contributed by atoms with Crippen LogP contribution in [0.1, 0.15) is 28.7 Å². The molecule has 0 bridgehead atoms. The maximum absolute atomic E-state index is 13.2. The first-order chi connectivity index (χ1) is 10.7. The number of aryl methyl sites for hydroxylation is 1. The number of benzene rings is 2. The van der Waals surface area contributed by atoms with Gasteiger partial charge < -0.3 is 10.4 Å². The molecule has 1 unspecified atom stereocenters. The monoisotopic (exact) mass is 296 g/mol. The van der Waals surface area contributed by atoms with E-state index in [1.54, 1.807) is 6.07 Å².